The van der Waals surface area contributed by atoms with Gasteiger partial charge in [0.1, 0.15) is 17.4 Å². The van der Waals surface area contributed by atoms with Crippen molar-refractivity contribution in [3.05, 3.63) is 39.7 Å². The Morgan fingerprint density at radius 1 is 1.14 bits per heavy atom. The summed E-state index contributed by atoms with van der Waals surface area (Å²) in [4.78, 5) is 45.6. The molecule has 3 N–H and O–H groups in total. The molecule has 0 aliphatic heterocycles. The molecule has 1 aliphatic rings. The normalized spacial score (nSPS) is 14.1. The Bertz CT molecular complexity index is 993. The van der Waals surface area contributed by atoms with E-state index in [9.17, 15) is 19.2 Å². The van der Waals surface area contributed by atoms with Gasteiger partial charge in [-0.2, -0.15) is 0 Å². The molecule has 1 aromatic heterocycles. The molecule has 0 radical (unpaired) electrons. The highest BCUT2D eigenvalue weighted by Crippen LogP contribution is 2.29. The van der Waals surface area contributed by atoms with Crippen molar-refractivity contribution in [1.82, 2.24) is 5.32 Å². The van der Waals surface area contributed by atoms with Crippen LogP contribution in [0.3, 0.4) is 0 Å². The monoisotopic (exact) mass is 389 g/mol. The second-order valence-electron chi connectivity index (χ2n) is 6.56. The largest absolute Gasteiger partial charge is 0.484 e. The van der Waals surface area contributed by atoms with Gasteiger partial charge >= 0.3 is 17.6 Å². The lowest BCUT2D eigenvalue weighted by atomic mass is 9.91. The standard InChI is InChI=1S/C19H19NO8/c21-16(20-14(18(24)25)8-17(22)23)9-27-10-5-6-12-11-3-1-2-4-13(11)19(26)28-15(12)7-10/h5-7,14H,1-4,8-9H2,(H,20,21)(H,22,23)(H,24,25)/t14-/m1/s1. The number of benzene rings is 1. The van der Waals surface area contributed by atoms with Gasteiger partial charge in [-0.25, -0.2) is 9.59 Å². The van der Waals surface area contributed by atoms with Crippen LogP contribution in [0.1, 0.15) is 30.4 Å². The third kappa shape index (κ3) is 4.30. The number of hydrogen-bond acceptors (Lipinski definition) is 6. The number of nitrogens with one attached hydrogen (secondary N) is 1. The first-order valence-electron chi connectivity index (χ1n) is 8.80. The molecular weight excluding hydrogens is 370 g/mol. The molecule has 148 valence electrons. The molecule has 0 unspecified atom stereocenters. The van der Waals surface area contributed by atoms with E-state index in [-0.39, 0.29) is 11.4 Å². The van der Waals surface area contributed by atoms with E-state index < -0.39 is 36.9 Å². The van der Waals surface area contributed by atoms with Crippen LogP contribution in [0.2, 0.25) is 0 Å². The van der Waals surface area contributed by atoms with Crippen molar-refractivity contribution in [2.24, 2.45) is 0 Å². The predicted molar refractivity (Wildman–Crippen MR) is 96.4 cm³/mol. The van der Waals surface area contributed by atoms with E-state index in [1.54, 1.807) is 12.1 Å². The lowest BCUT2D eigenvalue weighted by Crippen LogP contribution is -2.44. The number of carboxylic acid groups (broad SMARTS) is 2. The van der Waals surface area contributed by atoms with E-state index in [0.29, 0.717) is 17.6 Å². The molecule has 0 saturated heterocycles. The van der Waals surface area contributed by atoms with Gasteiger partial charge in [0, 0.05) is 17.0 Å². The second-order valence-corrected chi connectivity index (χ2v) is 6.56. The molecule has 28 heavy (non-hydrogen) atoms. The van der Waals surface area contributed by atoms with Crippen LogP contribution in [-0.2, 0) is 27.2 Å². The lowest BCUT2D eigenvalue weighted by molar-refractivity contribution is -0.147. The Balaban J connectivity index is 1.71. The number of aliphatic carboxylic acids is 2. The number of hydrogen-bond donors (Lipinski definition) is 3. The third-order valence-electron chi connectivity index (χ3n) is 4.58. The van der Waals surface area contributed by atoms with E-state index in [4.69, 9.17) is 19.4 Å². The highest BCUT2D eigenvalue weighted by Gasteiger charge is 2.23. The average molecular weight is 389 g/mol. The first-order valence-corrected chi connectivity index (χ1v) is 8.80. The summed E-state index contributed by atoms with van der Waals surface area (Å²) in [5, 5.41) is 20.5. The van der Waals surface area contributed by atoms with Crippen LogP contribution in [0.15, 0.2) is 27.4 Å². The zero-order chi connectivity index (χ0) is 20.3. The van der Waals surface area contributed by atoms with Crippen molar-refractivity contribution in [1.29, 1.82) is 0 Å². The van der Waals surface area contributed by atoms with Gasteiger partial charge in [-0.3, -0.25) is 9.59 Å². The van der Waals surface area contributed by atoms with Crippen molar-refractivity contribution in [3.63, 3.8) is 0 Å². The van der Waals surface area contributed by atoms with Crippen LogP contribution in [0.25, 0.3) is 11.0 Å². The number of fused-ring (bicyclic) bond motifs is 3. The fourth-order valence-electron chi connectivity index (χ4n) is 3.28. The van der Waals surface area contributed by atoms with Crippen LogP contribution in [0.4, 0.5) is 0 Å². The van der Waals surface area contributed by atoms with Crippen LogP contribution in [0, 0.1) is 0 Å². The molecule has 1 aliphatic carbocycles. The van der Waals surface area contributed by atoms with Crippen molar-refractivity contribution in [2.45, 2.75) is 38.1 Å². The van der Waals surface area contributed by atoms with Crippen LogP contribution in [-0.4, -0.2) is 40.7 Å². The minimum absolute atomic E-state index is 0.270. The summed E-state index contributed by atoms with van der Waals surface area (Å²) in [6.45, 7) is -0.510. The van der Waals surface area contributed by atoms with Gasteiger partial charge in [-0.05, 0) is 43.4 Å². The van der Waals surface area contributed by atoms with Gasteiger partial charge in [0.15, 0.2) is 6.61 Å². The van der Waals surface area contributed by atoms with E-state index in [2.05, 4.69) is 5.32 Å². The highest BCUT2D eigenvalue weighted by molar-refractivity contribution is 5.87. The van der Waals surface area contributed by atoms with Crippen molar-refractivity contribution in [2.75, 3.05) is 6.61 Å². The Labute approximate surface area is 158 Å². The summed E-state index contributed by atoms with van der Waals surface area (Å²) >= 11 is 0. The summed E-state index contributed by atoms with van der Waals surface area (Å²) in [6, 6.07) is 3.36. The molecular formula is C19H19NO8. The van der Waals surface area contributed by atoms with Crippen molar-refractivity contribution >= 4 is 28.8 Å². The second kappa shape index (κ2) is 8.12. The fourth-order valence-corrected chi connectivity index (χ4v) is 3.28. The molecule has 1 atom stereocenters. The molecule has 1 heterocycles. The van der Waals surface area contributed by atoms with Crippen LogP contribution in [0.5, 0.6) is 5.75 Å². The van der Waals surface area contributed by atoms with Gasteiger partial charge < -0.3 is 24.7 Å². The minimum Gasteiger partial charge on any atom is -0.484 e. The summed E-state index contributed by atoms with van der Waals surface area (Å²) in [5.41, 5.74) is 1.69. The summed E-state index contributed by atoms with van der Waals surface area (Å²) in [5.74, 6) is -3.30. The number of amides is 1. The SMILES string of the molecule is O=C(O)C[C@@H](NC(=O)COc1ccc2c3c(c(=O)oc2c1)CCCC3)C(=O)O. The minimum atomic E-state index is -1.55. The molecule has 2 aromatic rings. The summed E-state index contributed by atoms with van der Waals surface area (Å²) in [6.07, 6.45) is 2.73. The summed E-state index contributed by atoms with van der Waals surface area (Å²) < 4.78 is 10.7. The molecule has 0 spiro atoms. The first kappa shape index (κ1) is 19.4. The van der Waals surface area contributed by atoms with Crippen LogP contribution < -0.4 is 15.7 Å². The average Bonchev–Trinajstić information content (AvgIpc) is 2.65. The smallest absolute Gasteiger partial charge is 0.339 e. The molecule has 0 bridgehead atoms. The molecule has 1 aromatic carbocycles. The number of carbonyl (C=O) groups excluding carboxylic acids is 1. The van der Waals surface area contributed by atoms with Gasteiger partial charge in [0.2, 0.25) is 0 Å². The van der Waals surface area contributed by atoms with Crippen LogP contribution >= 0.6 is 0 Å². The first-order chi connectivity index (χ1) is 13.3. The maximum atomic E-state index is 12.2. The quantitative estimate of drug-likeness (QED) is 0.597. The van der Waals surface area contributed by atoms with Crippen molar-refractivity contribution < 1.29 is 33.8 Å². The Kier molecular flexibility index (Phi) is 5.62. The van der Waals surface area contributed by atoms with Gasteiger partial charge in [0.25, 0.3) is 5.91 Å². The van der Waals surface area contributed by atoms with E-state index in [0.717, 1.165) is 30.2 Å². The number of rotatable bonds is 7. The molecule has 9 nitrogen and oxygen atoms in total. The third-order valence-corrected chi connectivity index (χ3v) is 4.58. The Hall–Kier alpha value is -3.36. The number of carbonyl (C=O) groups is 3. The van der Waals surface area contributed by atoms with E-state index >= 15 is 0 Å². The number of aryl methyl sites for hydroxylation is 1. The van der Waals surface area contributed by atoms with Crippen molar-refractivity contribution in [3.8, 4) is 5.75 Å². The molecule has 1 amide bonds. The summed E-state index contributed by atoms with van der Waals surface area (Å²) in [7, 11) is 0. The van der Waals surface area contributed by atoms with Gasteiger partial charge in [0.05, 0.1) is 6.42 Å². The zero-order valence-electron chi connectivity index (χ0n) is 14.9. The molecule has 3 rings (SSSR count). The predicted octanol–water partition coefficient (Wildman–Crippen LogP) is 1.09. The number of carboxylic acids is 2. The Morgan fingerprint density at radius 3 is 2.54 bits per heavy atom. The Morgan fingerprint density at radius 2 is 1.86 bits per heavy atom. The number of ether oxygens (including phenoxy) is 1. The van der Waals surface area contributed by atoms with Gasteiger partial charge in [-0.15, -0.1) is 0 Å². The van der Waals surface area contributed by atoms with E-state index in [1.807, 2.05) is 0 Å². The topological polar surface area (TPSA) is 143 Å². The molecule has 9 heteroatoms. The van der Waals surface area contributed by atoms with Gasteiger partial charge in [-0.1, -0.05) is 0 Å². The maximum absolute atomic E-state index is 12.2. The molecule has 0 fully saturated rings. The maximum Gasteiger partial charge on any atom is 0.339 e. The van der Waals surface area contributed by atoms with E-state index in [1.165, 1.54) is 6.07 Å². The fraction of sp³-hybridized carbons (Fsp3) is 0.368. The zero-order valence-corrected chi connectivity index (χ0v) is 14.9. The molecule has 0 saturated carbocycles. The lowest BCUT2D eigenvalue weighted by Gasteiger charge is -2.16. The highest BCUT2D eigenvalue weighted by atomic mass is 16.5.